The minimum Gasteiger partial charge on any atom is -0.300 e. The fourth-order valence-corrected chi connectivity index (χ4v) is 2.55. The molecule has 0 spiro atoms. The van der Waals surface area contributed by atoms with Crippen LogP contribution >= 0.6 is 0 Å². The molecule has 0 aromatic rings. The molecule has 0 amide bonds. The van der Waals surface area contributed by atoms with Gasteiger partial charge in [0.25, 0.3) is 0 Å². The van der Waals surface area contributed by atoms with Gasteiger partial charge in [-0.05, 0) is 26.3 Å². The molecule has 14 heavy (non-hydrogen) atoms. The van der Waals surface area contributed by atoms with Gasteiger partial charge in [0.15, 0.2) is 0 Å². The Bertz CT molecular complexity index is 175. The third-order valence-electron chi connectivity index (χ3n) is 3.16. The van der Waals surface area contributed by atoms with Gasteiger partial charge < -0.3 is 0 Å². The van der Waals surface area contributed by atoms with Crippen LogP contribution in [-0.4, -0.2) is 48.1 Å². The van der Waals surface area contributed by atoms with Crippen LogP contribution in [0.15, 0.2) is 0 Å². The van der Waals surface area contributed by atoms with Crippen LogP contribution in [0.4, 0.5) is 0 Å². The Morgan fingerprint density at radius 3 is 2.29 bits per heavy atom. The van der Waals surface area contributed by atoms with Gasteiger partial charge in [-0.15, -0.1) is 0 Å². The molecule has 2 heteroatoms. The first-order valence-corrected chi connectivity index (χ1v) is 5.93. The van der Waals surface area contributed by atoms with E-state index in [2.05, 4.69) is 44.4 Å². The Balaban J connectivity index is 2.49. The molecule has 0 N–H and O–H groups in total. The van der Waals surface area contributed by atoms with E-state index in [0.29, 0.717) is 5.54 Å². The molecule has 0 unspecified atom stereocenters. The SMILES string of the molecule is CCN1CCN(CC(C)C)CC1(C)C. The predicted octanol–water partition coefficient (Wildman–Crippen LogP) is 2.06. The van der Waals surface area contributed by atoms with Crippen molar-refractivity contribution in [1.29, 1.82) is 0 Å². The lowest BCUT2D eigenvalue weighted by atomic mass is 9.98. The summed E-state index contributed by atoms with van der Waals surface area (Å²) in [5.41, 5.74) is 0.363. The number of rotatable bonds is 3. The predicted molar refractivity (Wildman–Crippen MR) is 62.6 cm³/mol. The van der Waals surface area contributed by atoms with E-state index in [1.807, 2.05) is 0 Å². The largest absolute Gasteiger partial charge is 0.300 e. The zero-order valence-corrected chi connectivity index (χ0v) is 10.5. The van der Waals surface area contributed by atoms with Gasteiger partial charge in [-0.25, -0.2) is 0 Å². The molecule has 2 nitrogen and oxygen atoms in total. The van der Waals surface area contributed by atoms with Crippen LogP contribution in [0.5, 0.6) is 0 Å². The topological polar surface area (TPSA) is 6.48 Å². The van der Waals surface area contributed by atoms with Crippen LogP contribution in [0.3, 0.4) is 0 Å². The van der Waals surface area contributed by atoms with Gasteiger partial charge >= 0.3 is 0 Å². The van der Waals surface area contributed by atoms with Gasteiger partial charge in [-0.1, -0.05) is 20.8 Å². The first-order valence-electron chi connectivity index (χ1n) is 5.93. The Morgan fingerprint density at radius 2 is 1.86 bits per heavy atom. The number of hydrogen-bond donors (Lipinski definition) is 0. The van der Waals surface area contributed by atoms with Crippen LogP contribution in [0.25, 0.3) is 0 Å². The first-order chi connectivity index (χ1) is 6.45. The van der Waals surface area contributed by atoms with E-state index >= 15 is 0 Å². The average Bonchev–Trinajstić information content (AvgIpc) is 2.01. The molecule has 1 aliphatic rings. The van der Waals surface area contributed by atoms with Crippen molar-refractivity contribution in [1.82, 2.24) is 9.80 Å². The maximum absolute atomic E-state index is 2.61. The van der Waals surface area contributed by atoms with Crippen molar-refractivity contribution in [2.24, 2.45) is 5.92 Å². The van der Waals surface area contributed by atoms with Crippen molar-refractivity contribution in [3.8, 4) is 0 Å². The van der Waals surface area contributed by atoms with E-state index in [-0.39, 0.29) is 0 Å². The molecular formula is C12H26N2. The van der Waals surface area contributed by atoms with Crippen LogP contribution < -0.4 is 0 Å². The summed E-state index contributed by atoms with van der Waals surface area (Å²) in [7, 11) is 0. The Kier molecular flexibility index (Phi) is 3.96. The van der Waals surface area contributed by atoms with E-state index in [1.165, 1.54) is 32.7 Å². The molecule has 0 radical (unpaired) electrons. The molecule has 1 rings (SSSR count). The summed E-state index contributed by atoms with van der Waals surface area (Å²) < 4.78 is 0. The van der Waals surface area contributed by atoms with Gasteiger partial charge in [-0.2, -0.15) is 0 Å². The maximum atomic E-state index is 2.61. The smallest absolute Gasteiger partial charge is 0.0280 e. The molecule has 84 valence electrons. The zero-order valence-electron chi connectivity index (χ0n) is 10.5. The van der Waals surface area contributed by atoms with Crippen molar-refractivity contribution in [3.63, 3.8) is 0 Å². The van der Waals surface area contributed by atoms with Crippen LogP contribution in [0, 0.1) is 5.92 Å². The highest BCUT2D eigenvalue weighted by Crippen LogP contribution is 2.20. The van der Waals surface area contributed by atoms with Crippen molar-refractivity contribution in [2.45, 2.75) is 40.2 Å². The van der Waals surface area contributed by atoms with E-state index in [4.69, 9.17) is 0 Å². The zero-order chi connectivity index (χ0) is 10.8. The molecule has 1 saturated heterocycles. The lowest BCUT2D eigenvalue weighted by molar-refractivity contribution is 0.0191. The highest BCUT2D eigenvalue weighted by atomic mass is 15.3. The third kappa shape index (κ3) is 2.96. The lowest BCUT2D eigenvalue weighted by Gasteiger charge is -2.47. The highest BCUT2D eigenvalue weighted by Gasteiger charge is 2.32. The van der Waals surface area contributed by atoms with Crippen LogP contribution in [0.2, 0.25) is 0 Å². The summed E-state index contributed by atoms with van der Waals surface area (Å²) in [6.07, 6.45) is 0. The molecular weight excluding hydrogens is 172 g/mol. The minimum atomic E-state index is 0.363. The summed E-state index contributed by atoms with van der Waals surface area (Å²) >= 11 is 0. The average molecular weight is 198 g/mol. The Labute approximate surface area is 89.3 Å². The van der Waals surface area contributed by atoms with Gasteiger partial charge in [0, 0.05) is 31.7 Å². The quantitative estimate of drug-likeness (QED) is 0.685. The summed E-state index contributed by atoms with van der Waals surface area (Å²) in [4.78, 5) is 5.20. The fraction of sp³-hybridized carbons (Fsp3) is 1.00. The van der Waals surface area contributed by atoms with Gasteiger partial charge in [0.05, 0.1) is 0 Å². The normalized spacial score (nSPS) is 24.4. The second kappa shape index (κ2) is 4.63. The lowest BCUT2D eigenvalue weighted by Crippen LogP contribution is -2.59. The van der Waals surface area contributed by atoms with Crippen molar-refractivity contribution >= 4 is 0 Å². The van der Waals surface area contributed by atoms with Gasteiger partial charge in [-0.3, -0.25) is 9.80 Å². The number of nitrogens with zero attached hydrogens (tertiary/aromatic N) is 2. The number of piperazine rings is 1. The maximum Gasteiger partial charge on any atom is 0.0280 e. The van der Waals surface area contributed by atoms with E-state index < -0.39 is 0 Å². The highest BCUT2D eigenvalue weighted by molar-refractivity contribution is 4.89. The van der Waals surface area contributed by atoms with E-state index in [9.17, 15) is 0 Å². The Morgan fingerprint density at radius 1 is 1.21 bits per heavy atom. The molecule has 0 aromatic heterocycles. The van der Waals surface area contributed by atoms with Crippen molar-refractivity contribution in [3.05, 3.63) is 0 Å². The molecule has 0 atom stereocenters. The molecule has 0 aromatic carbocycles. The van der Waals surface area contributed by atoms with Crippen LogP contribution in [0.1, 0.15) is 34.6 Å². The molecule has 1 heterocycles. The fourth-order valence-electron chi connectivity index (χ4n) is 2.55. The van der Waals surface area contributed by atoms with E-state index in [0.717, 1.165) is 5.92 Å². The second-order valence-electron chi connectivity index (χ2n) is 5.52. The summed E-state index contributed by atoms with van der Waals surface area (Å²) in [5, 5.41) is 0. The monoisotopic (exact) mass is 198 g/mol. The number of hydrogen-bond acceptors (Lipinski definition) is 2. The molecule has 0 saturated carbocycles. The summed E-state index contributed by atoms with van der Waals surface area (Å²) in [5.74, 6) is 0.791. The third-order valence-corrected chi connectivity index (χ3v) is 3.16. The van der Waals surface area contributed by atoms with E-state index in [1.54, 1.807) is 0 Å². The summed E-state index contributed by atoms with van der Waals surface area (Å²) in [6.45, 7) is 17.7. The number of likely N-dealkylation sites (N-methyl/N-ethyl adjacent to an activating group) is 1. The summed E-state index contributed by atoms with van der Waals surface area (Å²) in [6, 6.07) is 0. The molecule has 0 aliphatic carbocycles. The molecule has 1 aliphatic heterocycles. The minimum absolute atomic E-state index is 0.363. The Hall–Kier alpha value is -0.0800. The van der Waals surface area contributed by atoms with Crippen molar-refractivity contribution in [2.75, 3.05) is 32.7 Å². The van der Waals surface area contributed by atoms with Gasteiger partial charge in [0.1, 0.15) is 0 Å². The first kappa shape index (κ1) is 12.0. The van der Waals surface area contributed by atoms with Gasteiger partial charge in [0.2, 0.25) is 0 Å². The molecule has 0 bridgehead atoms. The molecule has 1 fully saturated rings. The van der Waals surface area contributed by atoms with Crippen LogP contribution in [-0.2, 0) is 0 Å². The van der Waals surface area contributed by atoms with Crippen molar-refractivity contribution < 1.29 is 0 Å². The standard InChI is InChI=1S/C12H26N2/c1-6-14-8-7-13(9-11(2)3)10-12(14,4)5/h11H,6-10H2,1-5H3. The second-order valence-corrected chi connectivity index (χ2v) is 5.52.